The van der Waals surface area contributed by atoms with E-state index in [-0.39, 0.29) is 10.8 Å². The van der Waals surface area contributed by atoms with Gasteiger partial charge < -0.3 is 10.1 Å². The lowest BCUT2D eigenvalue weighted by molar-refractivity contribution is -0.126. The van der Waals surface area contributed by atoms with Crippen molar-refractivity contribution >= 4 is 21.6 Å². The monoisotopic (exact) mass is 326 g/mol. The zero-order chi connectivity index (χ0) is 16.3. The molecule has 1 aliphatic carbocycles. The van der Waals surface area contributed by atoms with Gasteiger partial charge in [0, 0.05) is 19.8 Å². The molecule has 122 valence electrons. The Morgan fingerprint density at radius 1 is 1.32 bits per heavy atom. The third-order valence-electron chi connectivity index (χ3n) is 3.55. The summed E-state index contributed by atoms with van der Waals surface area (Å²) in [4.78, 5) is 12.2. The van der Waals surface area contributed by atoms with Gasteiger partial charge in [0.15, 0.2) is 0 Å². The molecule has 1 aliphatic rings. The normalized spacial score (nSPS) is 16.5. The zero-order valence-electron chi connectivity index (χ0n) is 13.1. The Hall–Kier alpha value is -1.44. The second-order valence-corrected chi connectivity index (χ2v) is 7.87. The van der Waals surface area contributed by atoms with Crippen molar-refractivity contribution in [3.05, 3.63) is 24.3 Å². The minimum atomic E-state index is -3.45. The Bertz CT molecular complexity index is 621. The van der Waals surface area contributed by atoms with E-state index in [2.05, 4.69) is 5.32 Å². The average molecular weight is 326 g/mol. The lowest BCUT2D eigenvalue weighted by Crippen LogP contribution is -2.28. The van der Waals surface area contributed by atoms with Crippen LogP contribution in [0, 0.1) is 5.92 Å². The molecule has 6 nitrogen and oxygen atoms in total. The van der Waals surface area contributed by atoms with Crippen LogP contribution in [0.25, 0.3) is 0 Å². The first-order chi connectivity index (χ1) is 10.3. The van der Waals surface area contributed by atoms with Crippen LogP contribution in [0.4, 0.5) is 5.69 Å². The number of nitrogens with one attached hydrogen (secondary N) is 1. The first kappa shape index (κ1) is 16.9. The summed E-state index contributed by atoms with van der Waals surface area (Å²) in [6.07, 6.45) is 1.83. The second kappa shape index (κ2) is 6.76. The lowest BCUT2D eigenvalue weighted by atomic mass is 10.3. The fraction of sp³-hybridized carbons (Fsp3) is 0.533. The third kappa shape index (κ3) is 4.28. The van der Waals surface area contributed by atoms with E-state index in [0.29, 0.717) is 18.2 Å². The SMILES string of the molecule is CC(OCC1CC1)C(=O)Nc1ccc(S(=O)(=O)N(C)C)cc1. The number of anilines is 1. The van der Waals surface area contributed by atoms with Gasteiger partial charge in [-0.15, -0.1) is 0 Å². The summed E-state index contributed by atoms with van der Waals surface area (Å²) in [5.41, 5.74) is 0.546. The van der Waals surface area contributed by atoms with Gasteiger partial charge in [-0.25, -0.2) is 12.7 Å². The maximum atomic E-state index is 12.0. The molecule has 1 N–H and O–H groups in total. The van der Waals surface area contributed by atoms with E-state index in [4.69, 9.17) is 4.74 Å². The van der Waals surface area contributed by atoms with Gasteiger partial charge in [-0.3, -0.25) is 4.79 Å². The molecule has 1 fully saturated rings. The minimum Gasteiger partial charge on any atom is -0.368 e. The lowest BCUT2D eigenvalue weighted by Gasteiger charge is -2.14. The maximum Gasteiger partial charge on any atom is 0.253 e. The average Bonchev–Trinajstić information content (AvgIpc) is 3.29. The molecule has 1 aromatic carbocycles. The van der Waals surface area contributed by atoms with Gasteiger partial charge in [-0.05, 0) is 49.9 Å². The molecule has 22 heavy (non-hydrogen) atoms. The smallest absolute Gasteiger partial charge is 0.253 e. The van der Waals surface area contributed by atoms with Gasteiger partial charge in [0.2, 0.25) is 10.0 Å². The van der Waals surface area contributed by atoms with Crippen molar-refractivity contribution < 1.29 is 17.9 Å². The van der Waals surface area contributed by atoms with Crippen LogP contribution in [-0.2, 0) is 19.6 Å². The van der Waals surface area contributed by atoms with E-state index in [1.807, 2.05) is 0 Å². The van der Waals surface area contributed by atoms with Crippen LogP contribution in [0.2, 0.25) is 0 Å². The van der Waals surface area contributed by atoms with E-state index < -0.39 is 16.1 Å². The number of sulfonamides is 1. The zero-order valence-corrected chi connectivity index (χ0v) is 13.9. The highest BCUT2D eigenvalue weighted by Crippen LogP contribution is 2.29. The van der Waals surface area contributed by atoms with Crippen LogP contribution >= 0.6 is 0 Å². The van der Waals surface area contributed by atoms with Gasteiger partial charge in [0.05, 0.1) is 11.5 Å². The summed E-state index contributed by atoms with van der Waals surface area (Å²) in [5.74, 6) is 0.370. The Kier molecular flexibility index (Phi) is 5.20. The molecule has 1 atom stereocenters. The van der Waals surface area contributed by atoms with Gasteiger partial charge in [0.25, 0.3) is 5.91 Å². The van der Waals surface area contributed by atoms with E-state index in [0.717, 1.165) is 4.31 Å². The molecule has 0 heterocycles. The molecule has 1 aromatic rings. The number of hydrogen-bond donors (Lipinski definition) is 1. The number of carbonyl (C=O) groups is 1. The molecular weight excluding hydrogens is 304 g/mol. The third-order valence-corrected chi connectivity index (χ3v) is 5.38. The number of amides is 1. The molecule has 0 saturated heterocycles. The molecule has 0 radical (unpaired) electrons. The van der Waals surface area contributed by atoms with Gasteiger partial charge in [-0.2, -0.15) is 0 Å². The Balaban J connectivity index is 1.94. The Morgan fingerprint density at radius 2 is 1.91 bits per heavy atom. The van der Waals surface area contributed by atoms with E-state index in [1.165, 1.54) is 39.1 Å². The fourth-order valence-electron chi connectivity index (χ4n) is 1.81. The van der Waals surface area contributed by atoms with Gasteiger partial charge >= 0.3 is 0 Å². The first-order valence-corrected chi connectivity index (χ1v) is 8.70. The van der Waals surface area contributed by atoms with Crippen LogP contribution in [-0.4, -0.2) is 45.4 Å². The van der Waals surface area contributed by atoms with Crippen LogP contribution in [0.3, 0.4) is 0 Å². The molecule has 2 rings (SSSR count). The summed E-state index contributed by atoms with van der Waals surface area (Å²) >= 11 is 0. The molecule has 1 unspecified atom stereocenters. The van der Waals surface area contributed by atoms with Crippen LogP contribution in [0.5, 0.6) is 0 Å². The molecule has 0 aliphatic heterocycles. The van der Waals surface area contributed by atoms with Crippen molar-refractivity contribution in [1.82, 2.24) is 4.31 Å². The number of carbonyl (C=O) groups excluding carboxylic acids is 1. The van der Waals surface area contributed by atoms with Crippen LogP contribution in [0.1, 0.15) is 19.8 Å². The van der Waals surface area contributed by atoms with E-state index in [9.17, 15) is 13.2 Å². The predicted molar refractivity (Wildman–Crippen MR) is 84.1 cm³/mol. The molecular formula is C15H22N2O4S. The summed E-state index contributed by atoms with van der Waals surface area (Å²) in [7, 11) is -0.502. The number of nitrogens with zero attached hydrogens (tertiary/aromatic N) is 1. The van der Waals surface area contributed by atoms with Crippen LogP contribution in [0.15, 0.2) is 29.2 Å². The van der Waals surface area contributed by atoms with Crippen molar-refractivity contribution in [3.8, 4) is 0 Å². The number of rotatable bonds is 7. The number of ether oxygens (including phenoxy) is 1. The molecule has 0 aromatic heterocycles. The molecule has 0 bridgehead atoms. The molecule has 1 amide bonds. The van der Waals surface area contributed by atoms with Gasteiger partial charge in [-0.1, -0.05) is 0 Å². The van der Waals surface area contributed by atoms with Crippen molar-refractivity contribution in [3.63, 3.8) is 0 Å². The summed E-state index contributed by atoms with van der Waals surface area (Å²) in [6, 6.07) is 6.09. The first-order valence-electron chi connectivity index (χ1n) is 7.26. The quantitative estimate of drug-likeness (QED) is 0.827. The summed E-state index contributed by atoms with van der Waals surface area (Å²) < 4.78 is 30.5. The highest BCUT2D eigenvalue weighted by Gasteiger charge is 2.24. The number of hydrogen-bond acceptors (Lipinski definition) is 4. The topological polar surface area (TPSA) is 75.7 Å². The largest absolute Gasteiger partial charge is 0.368 e. The highest BCUT2D eigenvalue weighted by atomic mass is 32.2. The van der Waals surface area contributed by atoms with Crippen molar-refractivity contribution in [2.75, 3.05) is 26.0 Å². The maximum absolute atomic E-state index is 12.0. The van der Waals surface area contributed by atoms with Gasteiger partial charge in [0.1, 0.15) is 6.10 Å². The standard InChI is InChI=1S/C15H22N2O4S/c1-11(21-10-12-4-5-12)15(18)16-13-6-8-14(9-7-13)22(19,20)17(2)3/h6-9,11-12H,4-5,10H2,1-3H3,(H,16,18). The minimum absolute atomic E-state index is 0.188. The molecule has 1 saturated carbocycles. The van der Waals surface area contributed by atoms with Crippen molar-refractivity contribution in [2.45, 2.75) is 30.8 Å². The molecule has 0 spiro atoms. The predicted octanol–water partition coefficient (Wildman–Crippen LogP) is 1.69. The van der Waals surface area contributed by atoms with E-state index in [1.54, 1.807) is 19.1 Å². The van der Waals surface area contributed by atoms with Crippen molar-refractivity contribution in [1.29, 1.82) is 0 Å². The number of benzene rings is 1. The van der Waals surface area contributed by atoms with Crippen LogP contribution < -0.4 is 5.32 Å². The van der Waals surface area contributed by atoms with E-state index >= 15 is 0 Å². The Morgan fingerprint density at radius 3 is 2.41 bits per heavy atom. The van der Waals surface area contributed by atoms with Crippen molar-refractivity contribution in [2.24, 2.45) is 5.92 Å². The fourth-order valence-corrected chi connectivity index (χ4v) is 2.71. The highest BCUT2D eigenvalue weighted by molar-refractivity contribution is 7.89. The Labute approximate surface area is 131 Å². The second-order valence-electron chi connectivity index (χ2n) is 5.72. The summed E-state index contributed by atoms with van der Waals surface area (Å²) in [5, 5.41) is 2.72. The molecule has 7 heteroatoms. The summed E-state index contributed by atoms with van der Waals surface area (Å²) in [6.45, 7) is 2.33.